The van der Waals surface area contributed by atoms with Crippen molar-refractivity contribution in [3.05, 3.63) is 65.7 Å². The number of rotatable bonds is 6. The van der Waals surface area contributed by atoms with E-state index in [-0.39, 0.29) is 11.9 Å². The Hall–Kier alpha value is -2.17. The Morgan fingerprint density at radius 1 is 1.17 bits per heavy atom. The molecule has 0 aromatic heterocycles. The smallest absolute Gasteiger partial charge is 0.225 e. The van der Waals surface area contributed by atoms with Gasteiger partial charge in [-0.3, -0.25) is 4.79 Å². The second-order valence-electron chi connectivity index (χ2n) is 6.59. The molecule has 2 aromatic carbocycles. The van der Waals surface area contributed by atoms with Crippen LogP contribution in [0.3, 0.4) is 0 Å². The molecule has 1 aliphatic carbocycles. The predicted octanol–water partition coefficient (Wildman–Crippen LogP) is 2.83. The zero-order chi connectivity index (χ0) is 17.0. The lowest BCUT2D eigenvalue weighted by molar-refractivity contribution is -0.116. The summed E-state index contributed by atoms with van der Waals surface area (Å²) in [5, 5.41) is 17.1. The van der Waals surface area contributed by atoms with Gasteiger partial charge in [0.15, 0.2) is 0 Å². The van der Waals surface area contributed by atoms with Gasteiger partial charge >= 0.3 is 0 Å². The van der Waals surface area contributed by atoms with Gasteiger partial charge in [-0.1, -0.05) is 42.5 Å². The summed E-state index contributed by atoms with van der Waals surface area (Å²) in [6.45, 7) is 2.43. The van der Waals surface area contributed by atoms with E-state index in [2.05, 4.69) is 16.7 Å². The minimum absolute atomic E-state index is 0.00880. The van der Waals surface area contributed by atoms with Crippen LogP contribution in [0.2, 0.25) is 0 Å². The molecular weight excluding hydrogens is 300 g/mol. The van der Waals surface area contributed by atoms with E-state index in [4.69, 9.17) is 0 Å². The molecule has 0 spiro atoms. The number of anilines is 1. The number of aliphatic hydroxyl groups is 1. The summed E-state index contributed by atoms with van der Waals surface area (Å²) >= 11 is 0. The number of benzene rings is 2. The van der Waals surface area contributed by atoms with Crippen molar-refractivity contribution < 1.29 is 9.90 Å². The summed E-state index contributed by atoms with van der Waals surface area (Å²) in [4.78, 5) is 12.1. The third-order valence-corrected chi connectivity index (χ3v) is 4.62. The lowest BCUT2D eigenvalue weighted by atomic mass is 9.95. The second-order valence-corrected chi connectivity index (χ2v) is 6.59. The van der Waals surface area contributed by atoms with Crippen LogP contribution >= 0.6 is 0 Å². The molecule has 0 heterocycles. The van der Waals surface area contributed by atoms with Gasteiger partial charge in [0.1, 0.15) is 5.60 Å². The molecule has 3 rings (SSSR count). The summed E-state index contributed by atoms with van der Waals surface area (Å²) < 4.78 is 0. The van der Waals surface area contributed by atoms with Gasteiger partial charge in [-0.05, 0) is 43.0 Å². The van der Waals surface area contributed by atoms with Gasteiger partial charge in [-0.25, -0.2) is 0 Å². The first-order chi connectivity index (χ1) is 11.6. The largest absolute Gasteiger partial charge is 0.384 e. The Bertz CT molecular complexity index is 702. The Kier molecular flexibility index (Phi) is 4.97. The van der Waals surface area contributed by atoms with E-state index in [1.165, 1.54) is 5.56 Å². The Labute approximate surface area is 142 Å². The van der Waals surface area contributed by atoms with E-state index in [9.17, 15) is 9.90 Å². The number of carbonyl (C=O) groups excluding carboxylic acids is 1. The number of hydrogen-bond acceptors (Lipinski definition) is 3. The van der Waals surface area contributed by atoms with E-state index >= 15 is 0 Å². The van der Waals surface area contributed by atoms with Crippen LogP contribution in [-0.4, -0.2) is 23.6 Å². The predicted molar refractivity (Wildman–Crippen MR) is 95.8 cm³/mol. The highest BCUT2D eigenvalue weighted by Crippen LogP contribution is 2.36. The molecule has 0 radical (unpaired) electrons. The molecule has 4 heteroatoms. The first-order valence-electron chi connectivity index (χ1n) is 8.46. The van der Waals surface area contributed by atoms with Crippen LogP contribution in [0.4, 0.5) is 5.69 Å². The lowest BCUT2D eigenvalue weighted by Crippen LogP contribution is -2.41. The molecule has 2 aromatic rings. The zero-order valence-electron chi connectivity index (χ0n) is 14.0. The molecule has 0 unspecified atom stereocenters. The van der Waals surface area contributed by atoms with E-state index < -0.39 is 5.60 Å². The molecule has 1 aliphatic rings. The quantitative estimate of drug-likeness (QED) is 0.766. The summed E-state index contributed by atoms with van der Waals surface area (Å²) in [7, 11) is 0. The topological polar surface area (TPSA) is 61.4 Å². The lowest BCUT2D eigenvalue weighted by Gasteiger charge is -2.26. The van der Waals surface area contributed by atoms with Gasteiger partial charge in [-0.15, -0.1) is 0 Å². The maximum Gasteiger partial charge on any atom is 0.225 e. The van der Waals surface area contributed by atoms with E-state index in [0.717, 1.165) is 24.1 Å². The fourth-order valence-electron chi connectivity index (χ4n) is 3.28. The molecule has 24 heavy (non-hydrogen) atoms. The molecule has 0 fully saturated rings. The Balaban J connectivity index is 1.51. The van der Waals surface area contributed by atoms with Gasteiger partial charge in [0.25, 0.3) is 0 Å². The molecule has 0 aliphatic heterocycles. The van der Waals surface area contributed by atoms with Crippen LogP contribution < -0.4 is 10.6 Å². The van der Waals surface area contributed by atoms with Crippen molar-refractivity contribution in [3.63, 3.8) is 0 Å². The van der Waals surface area contributed by atoms with Crippen LogP contribution in [-0.2, 0) is 16.8 Å². The highest BCUT2D eigenvalue weighted by atomic mass is 16.3. The average molecular weight is 324 g/mol. The van der Waals surface area contributed by atoms with E-state index in [1.807, 2.05) is 55.5 Å². The summed E-state index contributed by atoms with van der Waals surface area (Å²) in [5.41, 5.74) is 2.20. The van der Waals surface area contributed by atoms with Gasteiger partial charge in [-0.2, -0.15) is 0 Å². The Morgan fingerprint density at radius 3 is 2.67 bits per heavy atom. The standard InChI is InChI=1S/C20H24N2O2/c1-15(13-19(23)22-17-8-3-2-4-9-17)21-14-20(24)12-11-16-7-5-6-10-18(16)20/h2-10,15,21,24H,11-14H2,1H3,(H,22,23)/t15-,20+/m0/s1. The average Bonchev–Trinajstić information content (AvgIpc) is 2.92. The third kappa shape index (κ3) is 3.83. The first kappa shape index (κ1) is 16.7. The maximum absolute atomic E-state index is 12.1. The van der Waals surface area contributed by atoms with E-state index in [1.54, 1.807) is 0 Å². The number of fused-ring (bicyclic) bond motifs is 1. The molecule has 4 nitrogen and oxygen atoms in total. The van der Waals surface area contributed by atoms with Crippen LogP contribution in [0.1, 0.15) is 30.9 Å². The molecule has 3 N–H and O–H groups in total. The summed E-state index contributed by atoms with van der Waals surface area (Å²) in [5.74, 6) is -0.0278. The number of nitrogens with one attached hydrogen (secondary N) is 2. The Morgan fingerprint density at radius 2 is 1.88 bits per heavy atom. The third-order valence-electron chi connectivity index (χ3n) is 4.62. The van der Waals surface area contributed by atoms with Gasteiger partial charge in [0, 0.05) is 24.7 Å². The van der Waals surface area contributed by atoms with Crippen LogP contribution in [0, 0.1) is 0 Å². The van der Waals surface area contributed by atoms with Crippen LogP contribution in [0.25, 0.3) is 0 Å². The highest BCUT2D eigenvalue weighted by molar-refractivity contribution is 5.90. The van der Waals surface area contributed by atoms with Crippen LogP contribution in [0.5, 0.6) is 0 Å². The minimum Gasteiger partial charge on any atom is -0.384 e. The summed E-state index contributed by atoms with van der Waals surface area (Å²) in [6, 6.07) is 17.5. The van der Waals surface area contributed by atoms with Crippen molar-refractivity contribution in [3.8, 4) is 0 Å². The summed E-state index contributed by atoms with van der Waals surface area (Å²) in [6.07, 6.45) is 1.99. The normalized spacial score (nSPS) is 20.4. The van der Waals surface area contributed by atoms with E-state index in [0.29, 0.717) is 13.0 Å². The fourth-order valence-corrected chi connectivity index (χ4v) is 3.28. The molecule has 2 atom stereocenters. The number of amides is 1. The van der Waals surface area contributed by atoms with Crippen molar-refractivity contribution in [2.45, 2.75) is 37.8 Å². The van der Waals surface area contributed by atoms with Gasteiger partial charge in [0.2, 0.25) is 5.91 Å². The number of hydrogen-bond donors (Lipinski definition) is 3. The van der Waals surface area contributed by atoms with Crippen molar-refractivity contribution in [2.75, 3.05) is 11.9 Å². The molecule has 0 bridgehead atoms. The van der Waals surface area contributed by atoms with Crippen LogP contribution in [0.15, 0.2) is 54.6 Å². The van der Waals surface area contributed by atoms with Crippen molar-refractivity contribution in [2.24, 2.45) is 0 Å². The highest BCUT2D eigenvalue weighted by Gasteiger charge is 2.36. The second kappa shape index (κ2) is 7.16. The zero-order valence-corrected chi connectivity index (χ0v) is 14.0. The SMILES string of the molecule is C[C@@H](CC(=O)Nc1ccccc1)NC[C@]1(O)CCc2ccccc21. The first-order valence-corrected chi connectivity index (χ1v) is 8.46. The molecule has 0 saturated heterocycles. The number of aryl methyl sites for hydroxylation is 1. The van der Waals surface area contributed by atoms with Crippen molar-refractivity contribution >= 4 is 11.6 Å². The van der Waals surface area contributed by atoms with Crippen molar-refractivity contribution in [1.29, 1.82) is 0 Å². The molecule has 126 valence electrons. The van der Waals surface area contributed by atoms with Gasteiger partial charge in [0.05, 0.1) is 0 Å². The maximum atomic E-state index is 12.1. The molecule has 1 amide bonds. The monoisotopic (exact) mass is 324 g/mol. The number of carbonyl (C=O) groups is 1. The van der Waals surface area contributed by atoms with Crippen molar-refractivity contribution in [1.82, 2.24) is 5.32 Å². The van der Waals surface area contributed by atoms with Gasteiger partial charge < -0.3 is 15.7 Å². The fraction of sp³-hybridized carbons (Fsp3) is 0.350. The minimum atomic E-state index is -0.833. The molecular formula is C20H24N2O2. The molecule has 0 saturated carbocycles. The number of para-hydroxylation sites is 1.